The van der Waals surface area contributed by atoms with Crippen molar-refractivity contribution in [1.29, 1.82) is 0 Å². The highest BCUT2D eigenvalue weighted by Crippen LogP contribution is 2.18. The maximum atomic E-state index is 5.54. The molecule has 0 saturated carbocycles. The number of aromatic nitrogens is 1. The van der Waals surface area contributed by atoms with Gasteiger partial charge in [0, 0.05) is 12.3 Å². The first kappa shape index (κ1) is 7.60. The van der Waals surface area contributed by atoms with Gasteiger partial charge in [-0.15, -0.1) is 0 Å². The lowest BCUT2D eigenvalue weighted by atomic mass is 10.4. The highest BCUT2D eigenvalue weighted by Gasteiger charge is 1.94. The monoisotopic (exact) mass is 150 g/mol. The van der Waals surface area contributed by atoms with E-state index in [-0.39, 0.29) is 0 Å². The summed E-state index contributed by atoms with van der Waals surface area (Å²) < 4.78 is 5.14. The van der Waals surface area contributed by atoms with Crippen molar-refractivity contribution in [3.05, 3.63) is 30.8 Å². The molecular formula is C8H10N2O. The van der Waals surface area contributed by atoms with Crippen molar-refractivity contribution in [3.63, 3.8) is 0 Å². The fraction of sp³-hybridized carbons (Fsp3) is 0.125. The van der Waals surface area contributed by atoms with Crippen LogP contribution in [0.1, 0.15) is 6.92 Å². The molecule has 0 unspecified atom stereocenters. The molecule has 11 heavy (non-hydrogen) atoms. The van der Waals surface area contributed by atoms with E-state index in [4.69, 9.17) is 10.5 Å². The molecule has 1 heterocycles. The molecule has 3 heteroatoms. The number of ether oxygens (including phenoxy) is 1. The minimum Gasteiger partial charge on any atom is -0.463 e. The lowest BCUT2D eigenvalue weighted by Crippen LogP contribution is -1.91. The molecule has 0 spiro atoms. The third kappa shape index (κ3) is 1.97. The highest BCUT2D eigenvalue weighted by molar-refractivity contribution is 5.49. The number of nitrogens with zero attached hydrogens (tertiary/aromatic N) is 1. The number of rotatable bonds is 2. The Labute approximate surface area is 65.5 Å². The minimum absolute atomic E-state index is 0.547. The van der Waals surface area contributed by atoms with E-state index in [2.05, 4.69) is 4.98 Å². The zero-order chi connectivity index (χ0) is 8.10. The van der Waals surface area contributed by atoms with Crippen LogP contribution >= 0.6 is 0 Å². The molecule has 58 valence electrons. The second-order valence-corrected chi connectivity index (χ2v) is 2.00. The number of nitrogen functional groups attached to an aromatic ring is 1. The summed E-state index contributed by atoms with van der Waals surface area (Å²) in [6, 6.07) is 1.72. The van der Waals surface area contributed by atoms with Gasteiger partial charge in [0.15, 0.2) is 5.75 Å². The van der Waals surface area contributed by atoms with Crippen molar-refractivity contribution in [1.82, 2.24) is 4.98 Å². The van der Waals surface area contributed by atoms with Gasteiger partial charge in [0.05, 0.1) is 18.1 Å². The second-order valence-electron chi connectivity index (χ2n) is 2.00. The van der Waals surface area contributed by atoms with Crippen molar-refractivity contribution in [2.75, 3.05) is 5.73 Å². The molecule has 0 bridgehead atoms. The molecular weight excluding hydrogens is 140 g/mol. The average molecular weight is 150 g/mol. The number of nitrogens with two attached hydrogens (primary N) is 1. The predicted octanol–water partition coefficient (Wildman–Crippen LogP) is 1.58. The van der Waals surface area contributed by atoms with Crippen LogP contribution in [0.15, 0.2) is 30.8 Å². The zero-order valence-corrected chi connectivity index (χ0v) is 6.32. The van der Waals surface area contributed by atoms with Gasteiger partial charge in [-0.1, -0.05) is 6.08 Å². The summed E-state index contributed by atoms with van der Waals surface area (Å²) in [6.07, 6.45) is 6.56. The van der Waals surface area contributed by atoms with Crippen LogP contribution in [0.3, 0.4) is 0 Å². The maximum Gasteiger partial charge on any atom is 0.152 e. The largest absolute Gasteiger partial charge is 0.463 e. The van der Waals surface area contributed by atoms with Gasteiger partial charge < -0.3 is 10.5 Å². The Balaban J connectivity index is 2.77. The summed E-state index contributed by atoms with van der Waals surface area (Å²) in [5.41, 5.74) is 6.09. The van der Waals surface area contributed by atoms with Gasteiger partial charge in [0.2, 0.25) is 0 Å². The molecule has 0 atom stereocenters. The quantitative estimate of drug-likeness (QED) is 0.651. The molecule has 0 aliphatic rings. The SMILES string of the molecule is C/C=C\Oc1ccncc1N. The van der Waals surface area contributed by atoms with E-state index in [9.17, 15) is 0 Å². The van der Waals surface area contributed by atoms with Gasteiger partial charge >= 0.3 is 0 Å². The van der Waals surface area contributed by atoms with E-state index in [1.54, 1.807) is 30.8 Å². The topological polar surface area (TPSA) is 48.1 Å². The summed E-state index contributed by atoms with van der Waals surface area (Å²) in [4.78, 5) is 3.82. The molecule has 1 aromatic heterocycles. The van der Waals surface area contributed by atoms with E-state index in [0.29, 0.717) is 11.4 Å². The van der Waals surface area contributed by atoms with Crippen molar-refractivity contribution < 1.29 is 4.74 Å². The van der Waals surface area contributed by atoms with E-state index in [1.807, 2.05) is 6.92 Å². The number of hydrogen-bond donors (Lipinski definition) is 1. The summed E-state index contributed by atoms with van der Waals surface area (Å²) in [5.74, 6) is 0.637. The molecule has 1 rings (SSSR count). The Morgan fingerprint density at radius 3 is 3.09 bits per heavy atom. The van der Waals surface area contributed by atoms with Crippen LogP contribution in [0.25, 0.3) is 0 Å². The first-order valence-electron chi connectivity index (χ1n) is 3.32. The summed E-state index contributed by atoms with van der Waals surface area (Å²) in [5, 5.41) is 0. The Kier molecular flexibility index (Phi) is 2.49. The van der Waals surface area contributed by atoms with Gasteiger partial charge in [-0.2, -0.15) is 0 Å². The fourth-order valence-electron chi connectivity index (χ4n) is 0.643. The molecule has 3 nitrogen and oxygen atoms in total. The third-order valence-corrected chi connectivity index (χ3v) is 1.14. The van der Waals surface area contributed by atoms with Crippen LogP contribution in [-0.2, 0) is 0 Å². The van der Waals surface area contributed by atoms with Crippen LogP contribution in [0.4, 0.5) is 5.69 Å². The molecule has 0 saturated heterocycles. The predicted molar refractivity (Wildman–Crippen MR) is 44.1 cm³/mol. The van der Waals surface area contributed by atoms with E-state index < -0.39 is 0 Å². The first-order chi connectivity index (χ1) is 5.34. The van der Waals surface area contributed by atoms with Crippen molar-refractivity contribution in [3.8, 4) is 5.75 Å². The van der Waals surface area contributed by atoms with Gasteiger partial charge in [-0.3, -0.25) is 4.98 Å². The van der Waals surface area contributed by atoms with Crippen LogP contribution < -0.4 is 10.5 Å². The number of hydrogen-bond acceptors (Lipinski definition) is 3. The highest BCUT2D eigenvalue weighted by atomic mass is 16.5. The minimum atomic E-state index is 0.547. The van der Waals surface area contributed by atoms with Crippen molar-refractivity contribution in [2.24, 2.45) is 0 Å². The smallest absolute Gasteiger partial charge is 0.152 e. The van der Waals surface area contributed by atoms with Crippen molar-refractivity contribution in [2.45, 2.75) is 6.92 Å². The molecule has 0 aliphatic heterocycles. The van der Waals surface area contributed by atoms with Gasteiger partial charge in [0.1, 0.15) is 0 Å². The lowest BCUT2D eigenvalue weighted by Gasteiger charge is -2.01. The van der Waals surface area contributed by atoms with Gasteiger partial charge in [0.25, 0.3) is 0 Å². The summed E-state index contributed by atoms with van der Waals surface area (Å²) in [7, 11) is 0. The number of allylic oxidation sites excluding steroid dienone is 1. The lowest BCUT2D eigenvalue weighted by molar-refractivity contribution is 0.482. The van der Waals surface area contributed by atoms with Gasteiger partial charge in [-0.05, 0) is 6.92 Å². The number of anilines is 1. The molecule has 1 aromatic rings. The first-order valence-corrected chi connectivity index (χ1v) is 3.32. The van der Waals surface area contributed by atoms with Crippen molar-refractivity contribution >= 4 is 5.69 Å². The second kappa shape index (κ2) is 3.61. The van der Waals surface area contributed by atoms with Crippen LogP contribution in [0.5, 0.6) is 5.75 Å². The van der Waals surface area contributed by atoms with Crippen LogP contribution in [0.2, 0.25) is 0 Å². The average Bonchev–Trinajstić information content (AvgIpc) is 2.03. The summed E-state index contributed by atoms with van der Waals surface area (Å²) >= 11 is 0. The summed E-state index contributed by atoms with van der Waals surface area (Å²) in [6.45, 7) is 1.87. The molecule has 0 fully saturated rings. The third-order valence-electron chi connectivity index (χ3n) is 1.14. The molecule has 0 amide bonds. The Bertz CT molecular complexity index is 258. The Hall–Kier alpha value is -1.51. The van der Waals surface area contributed by atoms with E-state index in [0.717, 1.165) is 0 Å². The molecule has 0 radical (unpaired) electrons. The fourth-order valence-corrected chi connectivity index (χ4v) is 0.643. The van der Waals surface area contributed by atoms with Crippen LogP contribution in [0, 0.1) is 0 Å². The van der Waals surface area contributed by atoms with E-state index >= 15 is 0 Å². The van der Waals surface area contributed by atoms with Crippen LogP contribution in [-0.4, -0.2) is 4.98 Å². The number of pyridine rings is 1. The standard InChI is InChI=1S/C8H10N2O/c1-2-5-11-8-3-4-10-6-7(8)9/h2-6H,9H2,1H3/b5-2-. The molecule has 0 aliphatic carbocycles. The molecule has 2 N–H and O–H groups in total. The van der Waals surface area contributed by atoms with Gasteiger partial charge in [-0.25, -0.2) is 0 Å². The maximum absolute atomic E-state index is 5.54. The Morgan fingerprint density at radius 2 is 2.45 bits per heavy atom. The van der Waals surface area contributed by atoms with E-state index in [1.165, 1.54) is 0 Å². The zero-order valence-electron chi connectivity index (χ0n) is 6.32. The normalized spacial score (nSPS) is 10.3. The Morgan fingerprint density at radius 1 is 1.64 bits per heavy atom. The molecule has 0 aromatic carbocycles.